The molecule has 26 heavy (non-hydrogen) atoms. The number of hydrogen-bond acceptors (Lipinski definition) is 5. The molecule has 2 rings (SSSR count). The molecular weight excluding hydrogens is 348 g/mol. The van der Waals surface area contributed by atoms with E-state index in [4.69, 9.17) is 30.6 Å². The number of phenolic OH excluding ortho intramolecular Hbond substituents is 1. The fourth-order valence-corrected chi connectivity index (χ4v) is 1.88. The summed E-state index contributed by atoms with van der Waals surface area (Å²) >= 11 is 0. The zero-order chi connectivity index (χ0) is 19.2. The number of nitrogens with zero attached hydrogens (tertiary/aromatic N) is 1. The maximum absolute atomic E-state index is 11.0. The van der Waals surface area contributed by atoms with Crippen molar-refractivity contribution in [1.29, 1.82) is 0 Å². The minimum absolute atomic E-state index is 0. The Morgan fingerprint density at radius 1 is 1.08 bits per heavy atom. The van der Waals surface area contributed by atoms with Gasteiger partial charge < -0.3 is 36.2 Å². The lowest BCUT2D eigenvalue weighted by molar-refractivity contribution is -0.159. The summed E-state index contributed by atoms with van der Waals surface area (Å²) in [6.45, 7) is 1.47. The Bertz CT molecular complexity index is 757. The van der Waals surface area contributed by atoms with Gasteiger partial charge in [-0.05, 0) is 36.8 Å². The van der Waals surface area contributed by atoms with Gasteiger partial charge in [-0.25, -0.2) is 9.59 Å². The van der Waals surface area contributed by atoms with E-state index in [9.17, 15) is 9.90 Å². The van der Waals surface area contributed by atoms with Crippen molar-refractivity contribution in [3.8, 4) is 11.4 Å². The van der Waals surface area contributed by atoms with Gasteiger partial charge in [0.1, 0.15) is 11.3 Å². The second-order valence-electron chi connectivity index (χ2n) is 5.42. The first-order valence-corrected chi connectivity index (χ1v) is 6.98. The highest BCUT2D eigenvalue weighted by Crippen LogP contribution is 2.24. The molecule has 0 radical (unpaired) electrons. The molecule has 8 N–H and O–H groups in total. The van der Waals surface area contributed by atoms with Crippen LogP contribution in [0.15, 0.2) is 42.7 Å². The highest BCUT2D eigenvalue weighted by molar-refractivity contribution is 6.27. The van der Waals surface area contributed by atoms with Crippen molar-refractivity contribution in [2.45, 2.75) is 18.9 Å². The number of nitrogens with two attached hydrogens (primary N) is 1. The smallest absolute Gasteiger partial charge is 0.414 e. The van der Waals surface area contributed by atoms with E-state index < -0.39 is 23.4 Å². The van der Waals surface area contributed by atoms with Crippen LogP contribution >= 0.6 is 0 Å². The maximum Gasteiger partial charge on any atom is 0.414 e. The Hall–Kier alpha value is -3.37. The average molecular weight is 368 g/mol. The van der Waals surface area contributed by atoms with Crippen LogP contribution in [0.4, 0.5) is 0 Å². The Labute approximate surface area is 148 Å². The molecule has 0 amide bonds. The van der Waals surface area contributed by atoms with Crippen LogP contribution in [0.3, 0.4) is 0 Å². The summed E-state index contributed by atoms with van der Waals surface area (Å²) in [5, 5.41) is 33.7. The zero-order valence-corrected chi connectivity index (χ0v) is 13.8. The van der Waals surface area contributed by atoms with E-state index in [1.54, 1.807) is 35.2 Å². The van der Waals surface area contributed by atoms with Crippen molar-refractivity contribution in [1.82, 2.24) is 4.57 Å². The lowest BCUT2D eigenvalue weighted by Crippen LogP contribution is -2.46. The van der Waals surface area contributed by atoms with Crippen LogP contribution in [-0.4, -0.2) is 53.9 Å². The Balaban J connectivity index is 0.000000777. The lowest BCUT2D eigenvalue weighted by Gasteiger charge is -2.19. The van der Waals surface area contributed by atoms with Crippen molar-refractivity contribution in [2.75, 3.05) is 0 Å². The predicted molar refractivity (Wildman–Crippen MR) is 90.3 cm³/mol. The van der Waals surface area contributed by atoms with Crippen molar-refractivity contribution >= 4 is 17.9 Å². The van der Waals surface area contributed by atoms with Gasteiger partial charge in [0.05, 0.1) is 5.69 Å². The van der Waals surface area contributed by atoms with Gasteiger partial charge in [0.25, 0.3) is 0 Å². The highest BCUT2D eigenvalue weighted by Gasteiger charge is 2.28. The quantitative estimate of drug-likeness (QED) is 0.460. The topological polar surface area (TPSA) is 195 Å². The van der Waals surface area contributed by atoms with E-state index in [1.165, 1.54) is 6.92 Å². The second kappa shape index (κ2) is 9.20. The summed E-state index contributed by atoms with van der Waals surface area (Å²) in [6.07, 6.45) is 3.80. The minimum atomic E-state index is -1.82. The van der Waals surface area contributed by atoms with Crippen LogP contribution in [0.1, 0.15) is 12.5 Å². The first-order valence-electron chi connectivity index (χ1n) is 6.98. The molecule has 1 heterocycles. The second-order valence-corrected chi connectivity index (χ2v) is 5.42. The molecule has 10 nitrogen and oxygen atoms in total. The maximum atomic E-state index is 11.0. The number of aliphatic carboxylic acids is 3. The van der Waals surface area contributed by atoms with Gasteiger partial charge in [-0.1, -0.05) is 6.07 Å². The molecular formula is C16H20N2O8. The van der Waals surface area contributed by atoms with Crippen molar-refractivity contribution < 1.29 is 40.3 Å². The Kier molecular flexibility index (Phi) is 8.01. The molecule has 0 aliphatic rings. The summed E-state index contributed by atoms with van der Waals surface area (Å²) in [7, 11) is 0. The van der Waals surface area contributed by atoms with Gasteiger partial charge in [0.15, 0.2) is 0 Å². The number of rotatable bonds is 4. The van der Waals surface area contributed by atoms with Crippen LogP contribution in [0.5, 0.6) is 5.75 Å². The summed E-state index contributed by atoms with van der Waals surface area (Å²) in [5.74, 6) is -4.57. The summed E-state index contributed by atoms with van der Waals surface area (Å²) in [6, 6.07) is 8.65. The Morgan fingerprint density at radius 2 is 1.58 bits per heavy atom. The van der Waals surface area contributed by atoms with Gasteiger partial charge in [-0.15, -0.1) is 0 Å². The largest absolute Gasteiger partial charge is 0.506 e. The zero-order valence-electron chi connectivity index (χ0n) is 13.8. The third-order valence-electron chi connectivity index (χ3n) is 3.17. The van der Waals surface area contributed by atoms with Gasteiger partial charge in [0, 0.05) is 18.8 Å². The molecule has 142 valence electrons. The number of aromatic nitrogens is 1. The van der Waals surface area contributed by atoms with Crippen LogP contribution in [0.2, 0.25) is 0 Å². The number of benzene rings is 1. The van der Waals surface area contributed by atoms with E-state index in [0.29, 0.717) is 5.69 Å². The molecule has 1 atom stereocenters. The van der Waals surface area contributed by atoms with Crippen LogP contribution in [0, 0.1) is 0 Å². The molecule has 0 aliphatic heterocycles. The number of carboxylic acid groups (broad SMARTS) is 3. The number of carbonyl (C=O) groups is 3. The van der Waals surface area contributed by atoms with Crippen molar-refractivity contribution in [2.24, 2.45) is 5.73 Å². The molecule has 0 spiro atoms. The van der Waals surface area contributed by atoms with Gasteiger partial charge in [-0.3, -0.25) is 4.79 Å². The molecule has 0 fully saturated rings. The number of aromatic hydroxyl groups is 1. The lowest BCUT2D eigenvalue weighted by atomic mass is 9.94. The third kappa shape index (κ3) is 6.26. The molecule has 10 heteroatoms. The fraction of sp³-hybridized carbons (Fsp3) is 0.188. The van der Waals surface area contributed by atoms with E-state index in [1.807, 2.05) is 12.1 Å². The van der Waals surface area contributed by atoms with E-state index >= 15 is 0 Å². The molecule has 2 aromatic rings. The predicted octanol–water partition coefficient (Wildman–Crippen LogP) is -0.142. The molecule has 0 saturated heterocycles. The van der Waals surface area contributed by atoms with Crippen LogP contribution in [0.25, 0.3) is 5.69 Å². The SMILES string of the molecule is C[C@](N)(Cc1ccc(O)c(-n2cccc2)c1)C(=O)O.O.O=C(O)C(=O)O. The summed E-state index contributed by atoms with van der Waals surface area (Å²) in [4.78, 5) is 29.2. The van der Waals surface area contributed by atoms with E-state index in [0.717, 1.165) is 5.56 Å². The number of hydrogen-bond donors (Lipinski definition) is 5. The number of phenols is 1. The monoisotopic (exact) mass is 368 g/mol. The van der Waals surface area contributed by atoms with Crippen LogP contribution in [-0.2, 0) is 20.8 Å². The first kappa shape index (κ1) is 22.6. The van der Waals surface area contributed by atoms with Crippen molar-refractivity contribution in [3.63, 3.8) is 0 Å². The molecule has 0 unspecified atom stereocenters. The molecule has 0 bridgehead atoms. The van der Waals surface area contributed by atoms with Crippen molar-refractivity contribution in [3.05, 3.63) is 48.3 Å². The molecule has 1 aromatic heterocycles. The Morgan fingerprint density at radius 3 is 2.00 bits per heavy atom. The normalized spacial score (nSPS) is 11.9. The van der Waals surface area contributed by atoms with E-state index in [2.05, 4.69) is 0 Å². The minimum Gasteiger partial charge on any atom is -0.506 e. The summed E-state index contributed by atoms with van der Waals surface area (Å²) in [5.41, 5.74) is 5.76. The van der Waals surface area contributed by atoms with E-state index in [-0.39, 0.29) is 17.6 Å². The van der Waals surface area contributed by atoms with Gasteiger partial charge in [-0.2, -0.15) is 0 Å². The van der Waals surface area contributed by atoms with Gasteiger partial charge in [0.2, 0.25) is 0 Å². The fourth-order valence-electron chi connectivity index (χ4n) is 1.88. The number of carboxylic acids is 3. The summed E-state index contributed by atoms with van der Waals surface area (Å²) < 4.78 is 1.76. The molecule has 1 aromatic carbocycles. The molecule has 0 aliphatic carbocycles. The standard InChI is InChI=1S/C14H16N2O3.C2H2O4.H2O/c1-14(15,13(18)19)9-10-4-5-12(17)11(8-10)16-6-2-3-7-16;3-1(4)2(5)6;/h2-8,17H,9,15H2,1H3,(H,18,19);(H,3,4)(H,5,6);1H2/t14-;;/m0../s1. The van der Waals surface area contributed by atoms with Gasteiger partial charge >= 0.3 is 17.9 Å². The first-order chi connectivity index (χ1) is 11.5. The highest BCUT2D eigenvalue weighted by atomic mass is 16.4. The third-order valence-corrected chi connectivity index (χ3v) is 3.17. The molecule has 0 saturated carbocycles. The average Bonchev–Trinajstić information content (AvgIpc) is 3.03. The van der Waals surface area contributed by atoms with Crippen LogP contribution < -0.4 is 5.73 Å².